The van der Waals surface area contributed by atoms with Crippen molar-refractivity contribution < 1.29 is 34.8 Å². The third-order valence-corrected chi connectivity index (χ3v) is 2.52. The van der Waals surface area contributed by atoms with Crippen LogP contribution in [-0.4, -0.2) is 71.4 Å². The highest BCUT2D eigenvalue weighted by Gasteiger charge is 2.31. The highest BCUT2D eigenvalue weighted by Crippen LogP contribution is 2.08. The Morgan fingerprint density at radius 3 is 2.17 bits per heavy atom. The zero-order valence-electron chi connectivity index (χ0n) is 10.1. The van der Waals surface area contributed by atoms with Gasteiger partial charge in [-0.3, -0.25) is 9.59 Å². The fourth-order valence-corrected chi connectivity index (χ4v) is 1.38. The summed E-state index contributed by atoms with van der Waals surface area (Å²) in [7, 11) is 1.37. The van der Waals surface area contributed by atoms with Crippen molar-refractivity contribution in [1.82, 2.24) is 5.32 Å². The molecule has 18 heavy (non-hydrogen) atoms. The summed E-state index contributed by atoms with van der Waals surface area (Å²) in [6, 6.07) is 0. The summed E-state index contributed by atoms with van der Waals surface area (Å²) in [5.41, 5.74) is -1.18. The molecule has 0 aromatic heterocycles. The predicted molar refractivity (Wildman–Crippen MR) is 60.2 cm³/mol. The Labute approximate surface area is 104 Å². The topological polar surface area (TPSA) is 136 Å². The van der Waals surface area contributed by atoms with E-state index >= 15 is 0 Å². The summed E-state index contributed by atoms with van der Waals surface area (Å²) in [5.74, 6) is -3.63. The van der Waals surface area contributed by atoms with Crippen molar-refractivity contribution in [3.8, 4) is 0 Å². The fraction of sp³-hybridized carbons (Fsp3) is 0.800. The SMILES string of the molecule is COCC(CO)(CO)NCC(CC(=O)O)C(=O)O. The van der Waals surface area contributed by atoms with E-state index in [0.29, 0.717) is 0 Å². The molecule has 0 rings (SSSR count). The summed E-state index contributed by atoms with van der Waals surface area (Å²) < 4.78 is 4.82. The van der Waals surface area contributed by atoms with Gasteiger partial charge in [0.05, 0.1) is 37.7 Å². The van der Waals surface area contributed by atoms with Gasteiger partial charge in [-0.2, -0.15) is 0 Å². The largest absolute Gasteiger partial charge is 0.481 e. The van der Waals surface area contributed by atoms with Crippen molar-refractivity contribution in [1.29, 1.82) is 0 Å². The van der Waals surface area contributed by atoms with E-state index in [9.17, 15) is 19.8 Å². The quantitative estimate of drug-likeness (QED) is 0.309. The highest BCUT2D eigenvalue weighted by atomic mass is 16.5. The van der Waals surface area contributed by atoms with Crippen LogP contribution in [0.3, 0.4) is 0 Å². The van der Waals surface area contributed by atoms with E-state index < -0.39 is 43.0 Å². The molecule has 0 aliphatic rings. The van der Waals surface area contributed by atoms with Crippen molar-refractivity contribution in [3.05, 3.63) is 0 Å². The van der Waals surface area contributed by atoms with Gasteiger partial charge in [-0.05, 0) is 0 Å². The maximum absolute atomic E-state index is 10.8. The molecule has 0 bridgehead atoms. The third kappa shape index (κ3) is 5.41. The van der Waals surface area contributed by atoms with Crippen LogP contribution in [0.4, 0.5) is 0 Å². The molecule has 0 amide bonds. The second-order valence-corrected chi connectivity index (χ2v) is 4.04. The van der Waals surface area contributed by atoms with Crippen LogP contribution in [0.1, 0.15) is 6.42 Å². The van der Waals surface area contributed by atoms with Crippen molar-refractivity contribution in [2.45, 2.75) is 12.0 Å². The minimum atomic E-state index is -1.26. The lowest BCUT2D eigenvalue weighted by molar-refractivity contribution is -0.148. The number of aliphatic hydroxyl groups excluding tert-OH is 2. The maximum atomic E-state index is 10.8. The predicted octanol–water partition coefficient (Wildman–Crippen LogP) is -1.88. The number of methoxy groups -OCH3 is 1. The second kappa shape index (κ2) is 7.98. The zero-order chi connectivity index (χ0) is 14.2. The van der Waals surface area contributed by atoms with Gasteiger partial charge >= 0.3 is 11.9 Å². The van der Waals surface area contributed by atoms with Gasteiger partial charge in [0.2, 0.25) is 0 Å². The molecule has 0 spiro atoms. The number of carboxylic acids is 2. The van der Waals surface area contributed by atoms with E-state index in [1.54, 1.807) is 0 Å². The first-order valence-corrected chi connectivity index (χ1v) is 5.31. The standard InChI is InChI=1S/C10H19NO7/c1-18-6-10(4-12,5-13)11-3-7(9(16)17)2-8(14)15/h7,11-13H,2-6H2,1H3,(H,14,15)(H,16,17). The molecule has 0 saturated carbocycles. The maximum Gasteiger partial charge on any atom is 0.308 e. The van der Waals surface area contributed by atoms with Crippen LogP contribution < -0.4 is 5.32 Å². The van der Waals surface area contributed by atoms with E-state index in [4.69, 9.17) is 14.9 Å². The number of aliphatic hydroxyl groups is 2. The van der Waals surface area contributed by atoms with E-state index in [-0.39, 0.29) is 13.2 Å². The first-order valence-electron chi connectivity index (χ1n) is 5.31. The molecule has 1 atom stereocenters. The monoisotopic (exact) mass is 265 g/mol. The van der Waals surface area contributed by atoms with Crippen LogP contribution in [0, 0.1) is 5.92 Å². The third-order valence-electron chi connectivity index (χ3n) is 2.52. The van der Waals surface area contributed by atoms with Crippen molar-refractivity contribution >= 4 is 11.9 Å². The Bertz CT molecular complexity index is 277. The lowest BCUT2D eigenvalue weighted by Crippen LogP contribution is -2.57. The number of hydrogen-bond acceptors (Lipinski definition) is 6. The number of rotatable bonds is 10. The Morgan fingerprint density at radius 1 is 1.28 bits per heavy atom. The second-order valence-electron chi connectivity index (χ2n) is 4.04. The fourth-order valence-electron chi connectivity index (χ4n) is 1.38. The molecule has 0 radical (unpaired) electrons. The Balaban J connectivity index is 4.54. The average Bonchev–Trinajstić information content (AvgIpc) is 2.32. The molecule has 106 valence electrons. The van der Waals surface area contributed by atoms with Crippen LogP contribution in [-0.2, 0) is 14.3 Å². The molecule has 0 aliphatic heterocycles. The summed E-state index contributed by atoms with van der Waals surface area (Å²) in [4.78, 5) is 21.3. The Morgan fingerprint density at radius 2 is 1.83 bits per heavy atom. The molecule has 0 aromatic carbocycles. The molecule has 0 aromatic rings. The molecule has 0 aliphatic carbocycles. The Kier molecular flexibility index (Phi) is 7.44. The van der Waals surface area contributed by atoms with Crippen molar-refractivity contribution in [2.24, 2.45) is 5.92 Å². The summed E-state index contributed by atoms with van der Waals surface area (Å²) in [5, 5.41) is 38.4. The molecule has 1 unspecified atom stereocenters. The lowest BCUT2D eigenvalue weighted by Gasteiger charge is -2.31. The van der Waals surface area contributed by atoms with Gasteiger partial charge in [0.15, 0.2) is 0 Å². The molecule has 0 heterocycles. The van der Waals surface area contributed by atoms with Gasteiger partial charge in [0, 0.05) is 13.7 Å². The normalized spacial score (nSPS) is 13.3. The smallest absolute Gasteiger partial charge is 0.308 e. The van der Waals surface area contributed by atoms with Crippen LogP contribution in [0.15, 0.2) is 0 Å². The van der Waals surface area contributed by atoms with Crippen LogP contribution in [0.5, 0.6) is 0 Å². The summed E-state index contributed by atoms with van der Waals surface area (Å²) >= 11 is 0. The van der Waals surface area contributed by atoms with E-state index in [1.165, 1.54) is 7.11 Å². The minimum Gasteiger partial charge on any atom is -0.481 e. The molecule has 0 fully saturated rings. The number of aliphatic carboxylic acids is 2. The minimum absolute atomic E-state index is 0.0284. The molecular weight excluding hydrogens is 246 g/mol. The molecule has 8 nitrogen and oxygen atoms in total. The molecule has 5 N–H and O–H groups in total. The summed E-state index contributed by atoms with van der Waals surface area (Å²) in [6.07, 6.45) is -0.539. The van der Waals surface area contributed by atoms with Gasteiger partial charge in [0.25, 0.3) is 0 Å². The van der Waals surface area contributed by atoms with Gasteiger partial charge in [-0.15, -0.1) is 0 Å². The van der Waals surface area contributed by atoms with Gasteiger partial charge in [-0.25, -0.2) is 0 Å². The van der Waals surface area contributed by atoms with E-state index in [2.05, 4.69) is 5.32 Å². The first kappa shape index (κ1) is 16.8. The molecule has 0 saturated heterocycles. The van der Waals surface area contributed by atoms with Gasteiger partial charge < -0.3 is 30.5 Å². The Hall–Kier alpha value is -1.22. The van der Waals surface area contributed by atoms with Gasteiger partial charge in [-0.1, -0.05) is 0 Å². The first-order chi connectivity index (χ1) is 8.40. The van der Waals surface area contributed by atoms with E-state index in [0.717, 1.165) is 0 Å². The van der Waals surface area contributed by atoms with Crippen molar-refractivity contribution in [2.75, 3.05) is 33.5 Å². The van der Waals surface area contributed by atoms with Crippen molar-refractivity contribution in [3.63, 3.8) is 0 Å². The number of ether oxygens (including phenoxy) is 1. The number of nitrogens with one attached hydrogen (secondary N) is 1. The summed E-state index contributed by atoms with van der Waals surface area (Å²) in [6.45, 7) is -1.14. The van der Waals surface area contributed by atoms with Crippen LogP contribution in [0.2, 0.25) is 0 Å². The van der Waals surface area contributed by atoms with Crippen LogP contribution in [0.25, 0.3) is 0 Å². The lowest BCUT2D eigenvalue weighted by atomic mass is 10.00. The van der Waals surface area contributed by atoms with Crippen LogP contribution >= 0.6 is 0 Å². The zero-order valence-corrected chi connectivity index (χ0v) is 10.1. The highest BCUT2D eigenvalue weighted by molar-refractivity contribution is 5.77. The molecular formula is C10H19NO7. The number of carbonyl (C=O) groups is 2. The number of carboxylic acid groups (broad SMARTS) is 2. The van der Waals surface area contributed by atoms with E-state index in [1.807, 2.05) is 0 Å². The average molecular weight is 265 g/mol. The molecule has 8 heteroatoms. The van der Waals surface area contributed by atoms with Gasteiger partial charge in [0.1, 0.15) is 0 Å². The number of hydrogen-bond donors (Lipinski definition) is 5.